The summed E-state index contributed by atoms with van der Waals surface area (Å²) in [5, 5.41) is 19.1. The number of anilines is 1. The Balaban J connectivity index is 1.38. The van der Waals surface area contributed by atoms with Crippen LogP contribution in [-0.4, -0.2) is 52.2 Å². The fourth-order valence-electron chi connectivity index (χ4n) is 7.51. The summed E-state index contributed by atoms with van der Waals surface area (Å²) in [5.41, 5.74) is 7.75. The highest BCUT2D eigenvalue weighted by Crippen LogP contribution is 2.71. The maximum absolute atomic E-state index is 12.1. The maximum atomic E-state index is 12.1. The Bertz CT molecular complexity index is 1520. The molecule has 0 unspecified atom stereocenters. The number of H-pyrrole nitrogens is 1. The molecule has 1 saturated carbocycles. The lowest BCUT2D eigenvalue weighted by Gasteiger charge is -2.47. The van der Waals surface area contributed by atoms with Gasteiger partial charge in [0.2, 0.25) is 5.91 Å². The van der Waals surface area contributed by atoms with Crippen LogP contribution in [0, 0.1) is 35.0 Å². The lowest BCUT2D eigenvalue weighted by atomic mass is 9.79. The number of carbonyl (C=O) groups is 1. The van der Waals surface area contributed by atoms with Gasteiger partial charge in [0.25, 0.3) is 0 Å². The Hall–Kier alpha value is -3.66. The van der Waals surface area contributed by atoms with Gasteiger partial charge in [-0.15, -0.1) is 0 Å². The van der Waals surface area contributed by atoms with Crippen LogP contribution in [0.4, 0.5) is 5.82 Å². The average Bonchev–Trinajstić information content (AvgIpc) is 3.38. The van der Waals surface area contributed by atoms with Crippen molar-refractivity contribution in [2.75, 3.05) is 31.1 Å². The number of likely N-dealkylation sites (tertiary alicyclic amines) is 1. The van der Waals surface area contributed by atoms with Crippen molar-refractivity contribution in [1.82, 2.24) is 20.1 Å². The fraction of sp³-hybridized carbons (Fsp3) is 0.448. The molecular weight excluding hydrogens is 448 g/mol. The molecule has 7 rings (SSSR count). The molecule has 1 spiro atoms. The summed E-state index contributed by atoms with van der Waals surface area (Å²) in [4.78, 5) is 21.4. The third kappa shape index (κ3) is 2.70. The number of aromatic amines is 1. The molecule has 0 radical (unpaired) electrons. The lowest BCUT2D eigenvalue weighted by molar-refractivity contribution is -0.136. The number of hydrogen-bond donors (Lipinski definition) is 1. The second-order valence-corrected chi connectivity index (χ2v) is 11.9. The van der Waals surface area contributed by atoms with Crippen molar-refractivity contribution in [1.29, 1.82) is 5.26 Å². The highest BCUT2D eigenvalue weighted by molar-refractivity contribution is 6.00. The van der Waals surface area contributed by atoms with E-state index in [4.69, 9.17) is 4.98 Å². The predicted octanol–water partition coefficient (Wildman–Crippen LogP) is 4.33. The molecule has 7 nitrogen and oxygen atoms in total. The number of carbonyl (C=O) groups excluding carboxylic acids is 1. The summed E-state index contributed by atoms with van der Waals surface area (Å²) >= 11 is 0. The number of rotatable bonds is 3. The summed E-state index contributed by atoms with van der Waals surface area (Å²) in [5.74, 6) is 1.84. The molecule has 4 aliphatic rings. The topological polar surface area (TPSA) is 88.9 Å². The van der Waals surface area contributed by atoms with Gasteiger partial charge in [0.05, 0.1) is 11.7 Å². The zero-order chi connectivity index (χ0) is 25.0. The van der Waals surface area contributed by atoms with Crippen LogP contribution < -0.4 is 4.90 Å². The number of hydrogen-bond acceptors (Lipinski definition) is 5. The van der Waals surface area contributed by atoms with E-state index in [2.05, 4.69) is 60.6 Å². The molecule has 2 aliphatic heterocycles. The number of fused-ring (bicyclic) bond motifs is 4. The highest BCUT2D eigenvalue weighted by atomic mass is 16.2. The van der Waals surface area contributed by atoms with Gasteiger partial charge in [0.15, 0.2) is 0 Å². The van der Waals surface area contributed by atoms with Crippen LogP contribution in [0.25, 0.3) is 22.0 Å². The molecule has 0 bridgehead atoms. The fourth-order valence-corrected chi connectivity index (χ4v) is 7.51. The van der Waals surface area contributed by atoms with Crippen LogP contribution in [0.3, 0.4) is 0 Å². The number of nitrogens with one attached hydrogen (secondary N) is 1. The number of nitriles is 1. The van der Waals surface area contributed by atoms with Gasteiger partial charge < -0.3 is 9.80 Å². The molecule has 1 amide bonds. The first-order valence-electron chi connectivity index (χ1n) is 12.8. The van der Waals surface area contributed by atoms with Gasteiger partial charge in [-0.05, 0) is 65.8 Å². The van der Waals surface area contributed by atoms with Crippen LogP contribution in [-0.2, 0) is 11.2 Å². The third-order valence-electron chi connectivity index (χ3n) is 9.54. The normalized spacial score (nSPS) is 24.4. The number of pyridine rings is 1. The van der Waals surface area contributed by atoms with Crippen LogP contribution in [0.15, 0.2) is 31.0 Å². The van der Waals surface area contributed by atoms with Gasteiger partial charge in [-0.2, -0.15) is 10.4 Å². The lowest BCUT2D eigenvalue weighted by Crippen LogP contribution is -2.59. The second-order valence-electron chi connectivity index (χ2n) is 11.9. The Kier molecular flexibility index (Phi) is 4.18. The number of aryl methyl sites for hydroxylation is 1. The molecule has 2 saturated heterocycles. The van der Waals surface area contributed by atoms with E-state index in [0.29, 0.717) is 17.4 Å². The van der Waals surface area contributed by atoms with Gasteiger partial charge >= 0.3 is 0 Å². The van der Waals surface area contributed by atoms with Crippen molar-refractivity contribution in [2.24, 2.45) is 16.7 Å². The first kappa shape index (κ1) is 21.6. The number of benzene rings is 1. The Labute approximate surface area is 210 Å². The second kappa shape index (κ2) is 6.97. The molecule has 1 N–H and O–H groups in total. The molecule has 3 fully saturated rings. The zero-order valence-corrected chi connectivity index (χ0v) is 21.1. The number of amides is 1. The van der Waals surface area contributed by atoms with Crippen molar-refractivity contribution in [2.45, 2.75) is 39.5 Å². The number of nitrogens with zero attached hydrogens (tertiary/aromatic N) is 5. The molecule has 4 heterocycles. The van der Waals surface area contributed by atoms with Gasteiger partial charge in [0.1, 0.15) is 17.5 Å². The predicted molar refractivity (Wildman–Crippen MR) is 139 cm³/mol. The first-order valence-corrected chi connectivity index (χ1v) is 12.8. The standard InChI is InChI=1S/C29H30N6O/c1-5-22(36)35-14-29(15-35)8-9-34(13-29)27-17(11-30)24(23-16(2)6-7-20-18(23)12-31-33-20)25-21(32-27)10-19-26(25)28(19,3)4/h5-7,12,19,26H,1,8-10,13-15H2,2-4H3,(H,31,33)/t19-,26-/m1/s1. The van der Waals surface area contributed by atoms with Crippen molar-refractivity contribution < 1.29 is 4.79 Å². The molecule has 182 valence electrons. The molecule has 1 aromatic carbocycles. The van der Waals surface area contributed by atoms with Gasteiger partial charge in [-0.3, -0.25) is 9.89 Å². The van der Waals surface area contributed by atoms with Crippen molar-refractivity contribution in [3.8, 4) is 17.2 Å². The van der Waals surface area contributed by atoms with E-state index in [1.165, 1.54) is 11.6 Å². The Morgan fingerprint density at radius 1 is 1.28 bits per heavy atom. The van der Waals surface area contributed by atoms with E-state index >= 15 is 0 Å². The monoisotopic (exact) mass is 478 g/mol. The van der Waals surface area contributed by atoms with E-state index in [-0.39, 0.29) is 16.7 Å². The molecule has 2 aromatic heterocycles. The summed E-state index contributed by atoms with van der Waals surface area (Å²) in [6.07, 6.45) is 5.26. The van der Waals surface area contributed by atoms with Gasteiger partial charge in [0, 0.05) is 48.2 Å². The number of aromatic nitrogens is 3. The first-order chi connectivity index (χ1) is 17.3. The third-order valence-corrected chi connectivity index (χ3v) is 9.54. The van der Waals surface area contributed by atoms with Gasteiger partial charge in [-0.25, -0.2) is 4.98 Å². The maximum Gasteiger partial charge on any atom is 0.245 e. The van der Waals surface area contributed by atoms with Crippen LogP contribution in [0.5, 0.6) is 0 Å². The van der Waals surface area contributed by atoms with E-state index in [1.807, 2.05) is 11.1 Å². The van der Waals surface area contributed by atoms with Crippen molar-refractivity contribution in [3.05, 3.63) is 53.4 Å². The average molecular weight is 479 g/mol. The molecule has 3 aromatic rings. The summed E-state index contributed by atoms with van der Waals surface area (Å²) in [6.45, 7) is 13.6. The van der Waals surface area contributed by atoms with Crippen LogP contribution in [0.2, 0.25) is 0 Å². The highest BCUT2D eigenvalue weighted by Gasteiger charge is 2.64. The van der Waals surface area contributed by atoms with Gasteiger partial charge in [-0.1, -0.05) is 26.5 Å². The van der Waals surface area contributed by atoms with Crippen molar-refractivity contribution >= 4 is 22.6 Å². The van der Waals surface area contributed by atoms with E-state index in [0.717, 1.165) is 78.1 Å². The Morgan fingerprint density at radius 3 is 2.83 bits per heavy atom. The minimum absolute atomic E-state index is 0.000234. The van der Waals surface area contributed by atoms with Crippen molar-refractivity contribution in [3.63, 3.8) is 0 Å². The SMILES string of the molecule is C=CC(=O)N1CC2(CCN(c3nc4c(c(-c5c(C)ccc6[nH]ncc56)c3C#N)[C@H]3[C@@H](C4)C3(C)C)C2)C1. The minimum Gasteiger partial charge on any atom is -0.355 e. The van der Waals surface area contributed by atoms with E-state index in [9.17, 15) is 10.1 Å². The summed E-state index contributed by atoms with van der Waals surface area (Å²) < 4.78 is 0. The zero-order valence-electron chi connectivity index (χ0n) is 21.1. The molecule has 2 aliphatic carbocycles. The summed E-state index contributed by atoms with van der Waals surface area (Å²) in [6, 6.07) is 6.80. The van der Waals surface area contributed by atoms with E-state index < -0.39 is 0 Å². The largest absolute Gasteiger partial charge is 0.355 e. The minimum atomic E-state index is 0.000234. The van der Waals surface area contributed by atoms with E-state index in [1.54, 1.807) is 0 Å². The molecular formula is C29H30N6O. The Morgan fingerprint density at radius 2 is 2.08 bits per heavy atom. The smallest absolute Gasteiger partial charge is 0.245 e. The quantitative estimate of drug-likeness (QED) is 0.566. The summed E-state index contributed by atoms with van der Waals surface area (Å²) in [7, 11) is 0. The molecule has 2 atom stereocenters. The van der Waals surface area contributed by atoms with Crippen LogP contribution >= 0.6 is 0 Å². The van der Waals surface area contributed by atoms with Crippen LogP contribution in [0.1, 0.15) is 48.6 Å². The molecule has 7 heteroatoms. The molecule has 36 heavy (non-hydrogen) atoms.